The second kappa shape index (κ2) is 8.52. The lowest BCUT2D eigenvalue weighted by Gasteiger charge is -2.18. The lowest BCUT2D eigenvalue weighted by molar-refractivity contribution is -0.147. The number of hydrogen-bond acceptors (Lipinski definition) is 5. The Labute approximate surface area is 126 Å². The van der Waals surface area contributed by atoms with E-state index in [0.29, 0.717) is 18.8 Å². The molecule has 0 saturated heterocycles. The molecule has 118 valence electrons. The standard InChI is InChI=1S/C16H25NO4/c1-5-8-20-14-7-6-13(9-11(2)17)15(10-14)21-12(3)16(18)19-4/h6-7,10-12H,5,8-9,17H2,1-4H3. The number of ether oxygens (including phenoxy) is 3. The van der Waals surface area contributed by atoms with Gasteiger partial charge in [0.15, 0.2) is 6.10 Å². The SMILES string of the molecule is CCCOc1ccc(CC(C)N)c(OC(C)C(=O)OC)c1. The van der Waals surface area contributed by atoms with Crippen molar-refractivity contribution >= 4 is 5.97 Å². The Morgan fingerprint density at radius 2 is 2.05 bits per heavy atom. The molecular weight excluding hydrogens is 270 g/mol. The van der Waals surface area contributed by atoms with Gasteiger partial charge >= 0.3 is 5.97 Å². The van der Waals surface area contributed by atoms with E-state index in [1.54, 1.807) is 13.0 Å². The molecule has 0 heterocycles. The van der Waals surface area contributed by atoms with E-state index in [4.69, 9.17) is 15.2 Å². The van der Waals surface area contributed by atoms with Crippen molar-refractivity contribution in [1.29, 1.82) is 0 Å². The Morgan fingerprint density at radius 3 is 2.62 bits per heavy atom. The highest BCUT2D eigenvalue weighted by Crippen LogP contribution is 2.27. The van der Waals surface area contributed by atoms with E-state index in [0.717, 1.165) is 17.7 Å². The Balaban J connectivity index is 2.95. The molecule has 1 aromatic rings. The molecule has 2 atom stereocenters. The van der Waals surface area contributed by atoms with Crippen LogP contribution in [0.5, 0.6) is 11.5 Å². The summed E-state index contributed by atoms with van der Waals surface area (Å²) in [5, 5.41) is 0. The van der Waals surface area contributed by atoms with Gasteiger partial charge in [-0.15, -0.1) is 0 Å². The highest BCUT2D eigenvalue weighted by atomic mass is 16.6. The average molecular weight is 295 g/mol. The van der Waals surface area contributed by atoms with E-state index < -0.39 is 12.1 Å². The molecule has 0 aliphatic carbocycles. The summed E-state index contributed by atoms with van der Waals surface area (Å²) in [4.78, 5) is 11.5. The fourth-order valence-corrected chi connectivity index (χ4v) is 1.87. The second-order valence-electron chi connectivity index (χ2n) is 5.08. The monoisotopic (exact) mass is 295 g/mol. The van der Waals surface area contributed by atoms with Crippen molar-refractivity contribution in [3.8, 4) is 11.5 Å². The van der Waals surface area contributed by atoms with Crippen LogP contribution in [0.1, 0.15) is 32.8 Å². The van der Waals surface area contributed by atoms with Gasteiger partial charge in [0.25, 0.3) is 0 Å². The number of rotatable bonds is 8. The van der Waals surface area contributed by atoms with E-state index >= 15 is 0 Å². The number of carbonyl (C=O) groups excluding carboxylic acids is 1. The second-order valence-corrected chi connectivity index (χ2v) is 5.08. The van der Waals surface area contributed by atoms with Crippen LogP contribution in [0.2, 0.25) is 0 Å². The molecule has 0 fully saturated rings. The van der Waals surface area contributed by atoms with Crippen molar-refractivity contribution in [3.63, 3.8) is 0 Å². The number of carbonyl (C=O) groups is 1. The van der Waals surface area contributed by atoms with E-state index in [-0.39, 0.29) is 6.04 Å². The lowest BCUT2D eigenvalue weighted by Crippen LogP contribution is -2.26. The van der Waals surface area contributed by atoms with E-state index in [1.807, 2.05) is 26.0 Å². The zero-order chi connectivity index (χ0) is 15.8. The number of benzene rings is 1. The molecule has 2 unspecified atom stereocenters. The molecule has 5 nitrogen and oxygen atoms in total. The third kappa shape index (κ3) is 5.63. The zero-order valence-electron chi connectivity index (χ0n) is 13.2. The molecule has 1 aromatic carbocycles. The van der Waals surface area contributed by atoms with Crippen LogP contribution in [0.25, 0.3) is 0 Å². The maximum atomic E-state index is 11.5. The van der Waals surface area contributed by atoms with Crippen LogP contribution in [-0.4, -0.2) is 31.8 Å². The normalized spacial score (nSPS) is 13.4. The summed E-state index contributed by atoms with van der Waals surface area (Å²) in [5.41, 5.74) is 6.80. The van der Waals surface area contributed by atoms with E-state index in [2.05, 4.69) is 4.74 Å². The van der Waals surface area contributed by atoms with Gasteiger partial charge in [-0.05, 0) is 38.3 Å². The van der Waals surface area contributed by atoms with Gasteiger partial charge in [-0.2, -0.15) is 0 Å². The maximum absolute atomic E-state index is 11.5. The van der Waals surface area contributed by atoms with Crippen LogP contribution < -0.4 is 15.2 Å². The molecule has 0 aromatic heterocycles. The van der Waals surface area contributed by atoms with Crippen LogP contribution in [0.4, 0.5) is 0 Å². The van der Waals surface area contributed by atoms with Crippen molar-refractivity contribution in [2.75, 3.05) is 13.7 Å². The first-order valence-corrected chi connectivity index (χ1v) is 7.23. The number of nitrogens with two attached hydrogens (primary N) is 1. The first-order chi connectivity index (χ1) is 9.97. The van der Waals surface area contributed by atoms with Gasteiger partial charge < -0.3 is 19.9 Å². The maximum Gasteiger partial charge on any atom is 0.346 e. The first kappa shape index (κ1) is 17.3. The fourth-order valence-electron chi connectivity index (χ4n) is 1.87. The first-order valence-electron chi connectivity index (χ1n) is 7.23. The highest BCUT2D eigenvalue weighted by Gasteiger charge is 2.17. The van der Waals surface area contributed by atoms with Crippen molar-refractivity contribution in [1.82, 2.24) is 0 Å². The fraction of sp³-hybridized carbons (Fsp3) is 0.562. The van der Waals surface area contributed by atoms with Gasteiger partial charge in [0.05, 0.1) is 13.7 Å². The molecular formula is C16H25NO4. The Bertz CT molecular complexity index is 460. The summed E-state index contributed by atoms with van der Waals surface area (Å²) in [6.07, 6.45) is 0.913. The lowest BCUT2D eigenvalue weighted by atomic mass is 10.1. The van der Waals surface area contributed by atoms with Gasteiger partial charge in [0.1, 0.15) is 11.5 Å². The number of methoxy groups -OCH3 is 1. The van der Waals surface area contributed by atoms with E-state index in [9.17, 15) is 4.79 Å². The van der Waals surface area contributed by atoms with Crippen LogP contribution in [-0.2, 0) is 16.0 Å². The summed E-state index contributed by atoms with van der Waals surface area (Å²) >= 11 is 0. The van der Waals surface area contributed by atoms with Gasteiger partial charge in [0.2, 0.25) is 0 Å². The summed E-state index contributed by atoms with van der Waals surface area (Å²) in [7, 11) is 1.34. The minimum absolute atomic E-state index is 0.00296. The minimum Gasteiger partial charge on any atom is -0.493 e. The predicted molar refractivity (Wildman–Crippen MR) is 81.7 cm³/mol. The molecule has 1 rings (SSSR count). The van der Waals surface area contributed by atoms with Crippen molar-refractivity contribution in [2.24, 2.45) is 5.73 Å². The van der Waals surface area contributed by atoms with Crippen LogP contribution in [0, 0.1) is 0 Å². The Kier molecular flexibility index (Phi) is 7.02. The number of esters is 1. The zero-order valence-corrected chi connectivity index (χ0v) is 13.2. The van der Waals surface area contributed by atoms with Crippen molar-refractivity contribution in [2.45, 2.75) is 45.8 Å². The van der Waals surface area contributed by atoms with Crippen LogP contribution in [0.15, 0.2) is 18.2 Å². The van der Waals surface area contributed by atoms with Gasteiger partial charge in [0, 0.05) is 12.1 Å². The molecule has 0 saturated carbocycles. The third-order valence-corrected chi connectivity index (χ3v) is 2.89. The average Bonchev–Trinajstić information content (AvgIpc) is 2.45. The Morgan fingerprint density at radius 1 is 1.33 bits per heavy atom. The molecule has 21 heavy (non-hydrogen) atoms. The molecule has 0 spiro atoms. The number of hydrogen-bond donors (Lipinski definition) is 1. The largest absolute Gasteiger partial charge is 0.493 e. The smallest absolute Gasteiger partial charge is 0.346 e. The van der Waals surface area contributed by atoms with Crippen molar-refractivity contribution in [3.05, 3.63) is 23.8 Å². The van der Waals surface area contributed by atoms with Crippen molar-refractivity contribution < 1.29 is 19.0 Å². The van der Waals surface area contributed by atoms with Crippen LogP contribution in [0.3, 0.4) is 0 Å². The topological polar surface area (TPSA) is 70.8 Å². The predicted octanol–water partition coefficient (Wildman–Crippen LogP) is 2.31. The summed E-state index contributed by atoms with van der Waals surface area (Å²) in [6, 6.07) is 5.62. The molecule has 0 aliphatic rings. The van der Waals surface area contributed by atoms with Gasteiger partial charge in [-0.3, -0.25) is 0 Å². The van der Waals surface area contributed by atoms with Crippen LogP contribution >= 0.6 is 0 Å². The molecule has 0 radical (unpaired) electrons. The molecule has 2 N–H and O–H groups in total. The molecule has 0 aliphatic heterocycles. The minimum atomic E-state index is -0.678. The Hall–Kier alpha value is -1.75. The van der Waals surface area contributed by atoms with Gasteiger partial charge in [-0.25, -0.2) is 4.79 Å². The summed E-state index contributed by atoms with van der Waals surface area (Å²) in [5.74, 6) is 0.915. The third-order valence-electron chi connectivity index (χ3n) is 2.89. The molecule has 0 bridgehead atoms. The van der Waals surface area contributed by atoms with E-state index in [1.165, 1.54) is 7.11 Å². The highest BCUT2D eigenvalue weighted by molar-refractivity contribution is 5.74. The summed E-state index contributed by atoms with van der Waals surface area (Å²) < 4.78 is 16.0. The molecule has 0 amide bonds. The molecule has 5 heteroatoms. The van der Waals surface area contributed by atoms with Gasteiger partial charge in [-0.1, -0.05) is 13.0 Å². The quantitative estimate of drug-likeness (QED) is 0.745. The summed E-state index contributed by atoms with van der Waals surface area (Å²) in [6.45, 7) is 6.26.